The number of sulfonamides is 2. The SMILES string of the molecule is C=CC(=O)Nc1cccc(CS(=O)(=O)NS(=O)(=O)C(F)(F)F)n1. The molecule has 0 radical (unpaired) electrons. The molecule has 128 valence electrons. The minimum absolute atomic E-state index is 0.0821. The molecule has 1 aromatic rings. The second kappa shape index (κ2) is 6.64. The molecule has 1 aromatic heterocycles. The van der Waals surface area contributed by atoms with Gasteiger partial charge in [-0.25, -0.2) is 21.8 Å². The van der Waals surface area contributed by atoms with Gasteiger partial charge >= 0.3 is 15.5 Å². The Morgan fingerprint density at radius 1 is 1.26 bits per heavy atom. The van der Waals surface area contributed by atoms with Crippen LogP contribution < -0.4 is 9.44 Å². The molecule has 0 aliphatic rings. The highest BCUT2D eigenvalue weighted by Crippen LogP contribution is 2.22. The number of hydrogen-bond donors (Lipinski definition) is 2. The predicted molar refractivity (Wildman–Crippen MR) is 73.8 cm³/mol. The van der Waals surface area contributed by atoms with Crippen LogP contribution in [-0.2, 0) is 30.6 Å². The quantitative estimate of drug-likeness (QED) is 0.699. The van der Waals surface area contributed by atoms with Crippen LogP contribution in [0.15, 0.2) is 30.9 Å². The summed E-state index contributed by atoms with van der Waals surface area (Å²) in [6, 6.07) is 3.69. The van der Waals surface area contributed by atoms with Gasteiger partial charge in [0.05, 0.1) is 5.69 Å². The summed E-state index contributed by atoms with van der Waals surface area (Å²) in [5.41, 5.74) is -6.05. The van der Waals surface area contributed by atoms with E-state index in [9.17, 15) is 34.8 Å². The lowest BCUT2D eigenvalue weighted by atomic mass is 10.3. The summed E-state index contributed by atoms with van der Waals surface area (Å²) in [5.74, 6) is -1.86. The van der Waals surface area contributed by atoms with Crippen molar-refractivity contribution in [2.24, 2.45) is 0 Å². The van der Waals surface area contributed by atoms with E-state index in [1.54, 1.807) is 0 Å². The summed E-state index contributed by atoms with van der Waals surface area (Å²) >= 11 is 0. The van der Waals surface area contributed by atoms with Crippen molar-refractivity contribution in [1.29, 1.82) is 0 Å². The van der Waals surface area contributed by atoms with Crippen molar-refractivity contribution in [1.82, 2.24) is 9.11 Å². The topological polar surface area (TPSA) is 122 Å². The largest absolute Gasteiger partial charge is 0.512 e. The van der Waals surface area contributed by atoms with Crippen molar-refractivity contribution in [3.63, 3.8) is 0 Å². The number of halogens is 3. The van der Waals surface area contributed by atoms with E-state index in [1.807, 2.05) is 0 Å². The van der Waals surface area contributed by atoms with Gasteiger partial charge in [0.25, 0.3) is 0 Å². The molecule has 1 rings (SSSR count). The maximum Gasteiger partial charge on any atom is 0.512 e. The highest BCUT2D eigenvalue weighted by Gasteiger charge is 2.48. The summed E-state index contributed by atoms with van der Waals surface area (Å²) < 4.78 is 81.7. The monoisotopic (exact) mass is 373 g/mol. The number of amides is 1. The molecule has 1 amide bonds. The highest BCUT2D eigenvalue weighted by atomic mass is 32.3. The minimum atomic E-state index is -6.06. The first-order valence-corrected chi connectivity index (χ1v) is 8.72. The first-order valence-electron chi connectivity index (χ1n) is 5.58. The zero-order chi connectivity index (χ0) is 17.9. The van der Waals surface area contributed by atoms with E-state index < -0.39 is 37.2 Å². The van der Waals surface area contributed by atoms with E-state index in [0.29, 0.717) is 4.13 Å². The average Bonchev–Trinajstić information content (AvgIpc) is 2.35. The van der Waals surface area contributed by atoms with Crippen LogP contribution in [-0.4, -0.2) is 33.2 Å². The molecule has 0 atom stereocenters. The summed E-state index contributed by atoms with van der Waals surface area (Å²) in [7, 11) is -10.9. The van der Waals surface area contributed by atoms with Crippen molar-refractivity contribution in [3.8, 4) is 0 Å². The molecule has 0 bridgehead atoms. The van der Waals surface area contributed by atoms with Gasteiger partial charge in [0.15, 0.2) is 0 Å². The molecule has 0 saturated heterocycles. The Bertz CT molecular complexity index is 818. The van der Waals surface area contributed by atoms with Crippen LogP contribution in [0, 0.1) is 0 Å². The summed E-state index contributed by atoms with van der Waals surface area (Å²) in [5, 5.41) is 2.21. The summed E-state index contributed by atoms with van der Waals surface area (Å²) in [4.78, 5) is 14.7. The molecule has 1 heterocycles. The lowest BCUT2D eigenvalue weighted by Gasteiger charge is -2.10. The van der Waals surface area contributed by atoms with Gasteiger partial charge in [0, 0.05) is 0 Å². The summed E-state index contributed by atoms with van der Waals surface area (Å²) in [6.45, 7) is 3.18. The Morgan fingerprint density at radius 3 is 2.39 bits per heavy atom. The lowest BCUT2D eigenvalue weighted by Crippen LogP contribution is -2.40. The van der Waals surface area contributed by atoms with Gasteiger partial charge < -0.3 is 5.32 Å². The summed E-state index contributed by atoms with van der Waals surface area (Å²) in [6.07, 6.45) is 0.919. The molecule has 23 heavy (non-hydrogen) atoms. The fourth-order valence-electron chi connectivity index (χ4n) is 1.25. The van der Waals surface area contributed by atoms with Crippen molar-refractivity contribution in [2.45, 2.75) is 11.3 Å². The van der Waals surface area contributed by atoms with Crippen LogP contribution in [0.3, 0.4) is 0 Å². The highest BCUT2D eigenvalue weighted by molar-refractivity contribution is 8.04. The Morgan fingerprint density at radius 2 is 1.87 bits per heavy atom. The second-order valence-corrected chi connectivity index (χ2v) is 7.65. The van der Waals surface area contributed by atoms with Crippen molar-refractivity contribution >= 4 is 31.8 Å². The molecule has 2 N–H and O–H groups in total. The molecule has 0 spiro atoms. The van der Waals surface area contributed by atoms with E-state index in [4.69, 9.17) is 0 Å². The number of rotatable bonds is 6. The maximum absolute atomic E-state index is 12.2. The van der Waals surface area contributed by atoms with Crippen LogP contribution >= 0.6 is 0 Å². The predicted octanol–water partition coefficient (Wildman–Crippen LogP) is 0.475. The Hall–Kier alpha value is -1.99. The van der Waals surface area contributed by atoms with Gasteiger partial charge in [-0.05, 0) is 18.2 Å². The van der Waals surface area contributed by atoms with E-state index in [0.717, 1.165) is 12.1 Å². The van der Waals surface area contributed by atoms with Gasteiger partial charge in [-0.15, -0.1) is 4.13 Å². The lowest BCUT2D eigenvalue weighted by molar-refractivity contribution is -0.111. The van der Waals surface area contributed by atoms with Crippen molar-refractivity contribution in [2.75, 3.05) is 5.32 Å². The van der Waals surface area contributed by atoms with E-state index in [2.05, 4.69) is 16.9 Å². The van der Waals surface area contributed by atoms with Gasteiger partial charge in [-0.2, -0.15) is 13.2 Å². The van der Waals surface area contributed by atoms with E-state index >= 15 is 0 Å². The molecule has 0 fully saturated rings. The Balaban J connectivity index is 2.97. The number of carbonyl (C=O) groups is 1. The smallest absolute Gasteiger partial charge is 0.307 e. The van der Waals surface area contributed by atoms with Gasteiger partial charge in [-0.3, -0.25) is 4.79 Å². The maximum atomic E-state index is 12.2. The van der Waals surface area contributed by atoms with Gasteiger partial charge in [-0.1, -0.05) is 12.6 Å². The molecule has 0 unspecified atom stereocenters. The van der Waals surface area contributed by atoms with Crippen LogP contribution in [0.2, 0.25) is 0 Å². The number of carbonyl (C=O) groups excluding carboxylic acids is 1. The fraction of sp³-hybridized carbons (Fsp3) is 0.200. The standard InChI is InChI=1S/C10H10F3N3O5S2/c1-2-9(17)15-8-5-3-4-7(14-8)6-22(18,19)16-23(20,21)10(11,12)13/h2-5,16H,1,6H2,(H,14,15,17). The third-order valence-electron chi connectivity index (χ3n) is 2.12. The second-order valence-electron chi connectivity index (χ2n) is 4.00. The fourth-order valence-corrected chi connectivity index (χ4v) is 3.75. The van der Waals surface area contributed by atoms with Gasteiger partial charge in [0.2, 0.25) is 15.9 Å². The van der Waals surface area contributed by atoms with E-state index in [-0.39, 0.29) is 11.5 Å². The molecule has 0 aliphatic heterocycles. The van der Waals surface area contributed by atoms with E-state index in [1.165, 1.54) is 12.1 Å². The van der Waals surface area contributed by atoms with Crippen LogP contribution in [0.1, 0.15) is 5.69 Å². The number of nitrogens with zero attached hydrogens (tertiary/aromatic N) is 1. The van der Waals surface area contributed by atoms with Crippen LogP contribution in [0.25, 0.3) is 0 Å². The van der Waals surface area contributed by atoms with Gasteiger partial charge in [0.1, 0.15) is 11.6 Å². The number of aromatic nitrogens is 1. The molecule has 0 aliphatic carbocycles. The molecule has 8 nitrogen and oxygen atoms in total. The first kappa shape index (κ1) is 19.1. The number of anilines is 1. The zero-order valence-corrected chi connectivity index (χ0v) is 12.8. The molecule has 13 heteroatoms. The molecule has 0 aromatic carbocycles. The number of pyridine rings is 1. The zero-order valence-electron chi connectivity index (χ0n) is 11.2. The third-order valence-corrected chi connectivity index (χ3v) is 5.30. The van der Waals surface area contributed by atoms with Crippen molar-refractivity contribution < 1.29 is 34.8 Å². The Kier molecular flexibility index (Phi) is 5.50. The first-order chi connectivity index (χ1) is 10.4. The number of hydrogen-bond acceptors (Lipinski definition) is 6. The third kappa shape index (κ3) is 5.61. The minimum Gasteiger partial charge on any atom is -0.307 e. The average molecular weight is 373 g/mol. The molecule has 0 saturated carbocycles. The van der Waals surface area contributed by atoms with Crippen LogP contribution in [0.5, 0.6) is 0 Å². The molecular weight excluding hydrogens is 363 g/mol. The Labute approximate surface area is 129 Å². The molecular formula is C10H10F3N3O5S2. The van der Waals surface area contributed by atoms with Crippen molar-refractivity contribution in [3.05, 3.63) is 36.5 Å². The normalized spacial score (nSPS) is 12.7. The number of alkyl halides is 3. The number of nitrogens with one attached hydrogen (secondary N) is 2. The van der Waals surface area contributed by atoms with Crippen LogP contribution in [0.4, 0.5) is 19.0 Å².